The van der Waals surface area contributed by atoms with E-state index >= 15 is 0 Å². The molecule has 2 heteroatoms. The topological polar surface area (TPSA) is 12.9 Å². The zero-order chi connectivity index (χ0) is 10.1. The Labute approximate surface area is 92.0 Å². The van der Waals surface area contributed by atoms with Crippen molar-refractivity contribution in [1.82, 2.24) is 4.98 Å². The molecule has 0 aliphatic heterocycles. The molecule has 0 unspecified atom stereocenters. The first-order chi connectivity index (χ1) is 7.43. The lowest BCUT2D eigenvalue weighted by Crippen LogP contribution is -1.82. The summed E-state index contributed by atoms with van der Waals surface area (Å²) < 4.78 is 0. The van der Waals surface area contributed by atoms with Gasteiger partial charge in [-0.3, -0.25) is 0 Å². The van der Waals surface area contributed by atoms with Crippen LogP contribution in [0.5, 0.6) is 0 Å². The maximum Gasteiger partial charge on any atom is 0.0888 e. The predicted octanol–water partition coefficient (Wildman–Crippen LogP) is 3.76. The van der Waals surface area contributed by atoms with Gasteiger partial charge in [-0.05, 0) is 23.6 Å². The normalized spacial score (nSPS) is 10.7. The van der Waals surface area contributed by atoms with Gasteiger partial charge in [-0.1, -0.05) is 24.3 Å². The van der Waals surface area contributed by atoms with Crippen LogP contribution in [-0.2, 0) is 0 Å². The van der Waals surface area contributed by atoms with Gasteiger partial charge in [0.2, 0.25) is 0 Å². The Kier molecular flexibility index (Phi) is 2.00. The molecule has 71 valence electrons. The SMILES string of the molecule is [c]1cc2ccccc2nc1-c1cccs1. The monoisotopic (exact) mass is 210 g/mol. The Morgan fingerprint density at radius 2 is 2.00 bits per heavy atom. The molecule has 2 heterocycles. The second-order valence-corrected chi connectivity index (χ2v) is 4.23. The van der Waals surface area contributed by atoms with Crippen molar-refractivity contribution in [3.63, 3.8) is 0 Å². The van der Waals surface area contributed by atoms with E-state index in [1.807, 2.05) is 30.3 Å². The summed E-state index contributed by atoms with van der Waals surface area (Å²) in [5.41, 5.74) is 1.96. The molecule has 15 heavy (non-hydrogen) atoms. The number of thiophene rings is 1. The van der Waals surface area contributed by atoms with E-state index < -0.39 is 0 Å². The van der Waals surface area contributed by atoms with E-state index in [9.17, 15) is 0 Å². The van der Waals surface area contributed by atoms with Crippen LogP contribution in [0.1, 0.15) is 0 Å². The van der Waals surface area contributed by atoms with Crippen LogP contribution in [0.15, 0.2) is 47.8 Å². The highest BCUT2D eigenvalue weighted by Crippen LogP contribution is 2.24. The average molecular weight is 210 g/mol. The number of fused-ring (bicyclic) bond motifs is 1. The van der Waals surface area contributed by atoms with Crippen LogP contribution < -0.4 is 0 Å². The molecule has 0 spiro atoms. The first-order valence-corrected chi connectivity index (χ1v) is 5.63. The summed E-state index contributed by atoms with van der Waals surface area (Å²) in [6, 6.07) is 17.4. The molecule has 0 fully saturated rings. The van der Waals surface area contributed by atoms with Gasteiger partial charge < -0.3 is 0 Å². The summed E-state index contributed by atoms with van der Waals surface area (Å²) in [6.07, 6.45) is 0. The number of hydrogen-bond acceptors (Lipinski definition) is 2. The minimum atomic E-state index is 0.934. The molecule has 3 aromatic rings. The molecular weight excluding hydrogens is 202 g/mol. The van der Waals surface area contributed by atoms with Crippen LogP contribution in [0.3, 0.4) is 0 Å². The number of nitrogens with zero attached hydrogens (tertiary/aromatic N) is 1. The van der Waals surface area contributed by atoms with Crippen molar-refractivity contribution in [2.45, 2.75) is 0 Å². The highest BCUT2D eigenvalue weighted by Gasteiger charge is 2.01. The molecule has 0 aliphatic carbocycles. The highest BCUT2D eigenvalue weighted by atomic mass is 32.1. The molecule has 0 amide bonds. The number of para-hydroxylation sites is 1. The van der Waals surface area contributed by atoms with E-state index in [1.165, 1.54) is 4.88 Å². The second-order valence-electron chi connectivity index (χ2n) is 3.29. The third-order valence-electron chi connectivity index (χ3n) is 2.29. The Morgan fingerprint density at radius 1 is 1.07 bits per heavy atom. The second kappa shape index (κ2) is 3.48. The Hall–Kier alpha value is -1.67. The molecule has 0 bridgehead atoms. The van der Waals surface area contributed by atoms with Gasteiger partial charge >= 0.3 is 0 Å². The molecule has 0 saturated carbocycles. The summed E-state index contributed by atoms with van der Waals surface area (Å²) in [5.74, 6) is 0. The van der Waals surface area contributed by atoms with Gasteiger partial charge in [0.25, 0.3) is 0 Å². The molecule has 1 nitrogen and oxygen atoms in total. The molecule has 0 N–H and O–H groups in total. The summed E-state index contributed by atoms with van der Waals surface area (Å²) >= 11 is 1.69. The van der Waals surface area contributed by atoms with Gasteiger partial charge in [0.05, 0.1) is 16.1 Å². The van der Waals surface area contributed by atoms with Gasteiger partial charge in [-0.2, -0.15) is 0 Å². The molecular formula is C13H8NS. The fourth-order valence-electron chi connectivity index (χ4n) is 1.55. The quantitative estimate of drug-likeness (QED) is 0.596. The van der Waals surface area contributed by atoms with Crippen LogP contribution >= 0.6 is 11.3 Å². The summed E-state index contributed by atoms with van der Waals surface area (Å²) in [7, 11) is 0. The third-order valence-corrected chi connectivity index (χ3v) is 3.16. The van der Waals surface area contributed by atoms with Crippen molar-refractivity contribution < 1.29 is 0 Å². The number of pyridine rings is 1. The lowest BCUT2D eigenvalue weighted by Gasteiger charge is -1.99. The van der Waals surface area contributed by atoms with Gasteiger partial charge in [0.1, 0.15) is 0 Å². The van der Waals surface area contributed by atoms with E-state index in [1.54, 1.807) is 11.3 Å². The van der Waals surface area contributed by atoms with Gasteiger partial charge in [0.15, 0.2) is 0 Å². The van der Waals surface area contributed by atoms with Crippen molar-refractivity contribution in [3.8, 4) is 10.6 Å². The minimum absolute atomic E-state index is 0.934. The van der Waals surface area contributed by atoms with Crippen molar-refractivity contribution >= 4 is 22.2 Å². The van der Waals surface area contributed by atoms with Crippen molar-refractivity contribution in [1.29, 1.82) is 0 Å². The highest BCUT2D eigenvalue weighted by molar-refractivity contribution is 7.13. The number of hydrogen-bond donors (Lipinski definition) is 0. The molecule has 0 saturated heterocycles. The fraction of sp³-hybridized carbons (Fsp3) is 0. The maximum atomic E-state index is 4.57. The molecule has 1 aromatic carbocycles. The molecule has 2 aromatic heterocycles. The average Bonchev–Trinajstić information content (AvgIpc) is 2.82. The number of aromatic nitrogens is 1. The molecule has 3 rings (SSSR count). The molecule has 0 atom stereocenters. The van der Waals surface area contributed by atoms with E-state index in [4.69, 9.17) is 0 Å². The number of rotatable bonds is 1. The summed E-state index contributed by atoms with van der Waals surface area (Å²) in [4.78, 5) is 5.74. The van der Waals surface area contributed by atoms with Crippen LogP contribution in [0.2, 0.25) is 0 Å². The van der Waals surface area contributed by atoms with Crippen molar-refractivity contribution in [3.05, 3.63) is 53.9 Å². The zero-order valence-electron chi connectivity index (χ0n) is 7.97. The Bertz CT molecular complexity index is 584. The maximum absolute atomic E-state index is 4.57. The van der Waals surface area contributed by atoms with Crippen LogP contribution in [0.4, 0.5) is 0 Å². The Balaban J connectivity index is 2.22. The summed E-state index contributed by atoms with van der Waals surface area (Å²) in [5, 5.41) is 3.19. The standard InChI is InChI=1S/C13H8NS/c1-2-5-11-10(4-1)7-8-12(14-11)13-6-3-9-15-13/h1-7,9H. The molecule has 0 aliphatic rings. The van der Waals surface area contributed by atoms with E-state index in [2.05, 4.69) is 28.6 Å². The predicted molar refractivity (Wildman–Crippen MR) is 63.9 cm³/mol. The van der Waals surface area contributed by atoms with Gasteiger partial charge in [-0.15, -0.1) is 11.3 Å². The molecule has 1 radical (unpaired) electrons. The largest absolute Gasteiger partial charge is 0.246 e. The van der Waals surface area contributed by atoms with E-state index in [0.717, 1.165) is 16.6 Å². The lowest BCUT2D eigenvalue weighted by molar-refractivity contribution is 1.41. The smallest absolute Gasteiger partial charge is 0.0888 e. The van der Waals surface area contributed by atoms with Crippen molar-refractivity contribution in [2.75, 3.05) is 0 Å². The Morgan fingerprint density at radius 3 is 2.87 bits per heavy atom. The minimum Gasteiger partial charge on any atom is -0.246 e. The fourth-order valence-corrected chi connectivity index (χ4v) is 2.23. The van der Waals surface area contributed by atoms with Gasteiger partial charge in [-0.25, -0.2) is 4.98 Å². The van der Waals surface area contributed by atoms with Crippen LogP contribution in [0, 0.1) is 6.07 Å². The summed E-state index contributed by atoms with van der Waals surface area (Å²) in [6.45, 7) is 0. The first kappa shape index (κ1) is 8.62. The number of benzene rings is 1. The zero-order valence-corrected chi connectivity index (χ0v) is 8.79. The van der Waals surface area contributed by atoms with Crippen LogP contribution in [0.25, 0.3) is 21.5 Å². The van der Waals surface area contributed by atoms with Crippen molar-refractivity contribution in [2.24, 2.45) is 0 Å². The lowest BCUT2D eigenvalue weighted by atomic mass is 10.2. The van der Waals surface area contributed by atoms with E-state index in [0.29, 0.717) is 0 Å². The van der Waals surface area contributed by atoms with Crippen LogP contribution in [-0.4, -0.2) is 4.98 Å². The van der Waals surface area contributed by atoms with Gasteiger partial charge in [0, 0.05) is 11.5 Å². The van der Waals surface area contributed by atoms with E-state index in [-0.39, 0.29) is 0 Å². The third kappa shape index (κ3) is 1.53. The first-order valence-electron chi connectivity index (χ1n) is 4.75.